The zero-order chi connectivity index (χ0) is 25.8. The van der Waals surface area contributed by atoms with Crippen molar-refractivity contribution in [2.45, 2.75) is 45.5 Å². The summed E-state index contributed by atoms with van der Waals surface area (Å²) < 4.78 is 18.4. The molecular weight excluding hydrogens is 526 g/mol. The number of halogens is 1. The molecule has 1 heterocycles. The molecule has 5 heteroatoms. The number of hydrogen-bond donors (Lipinski definition) is 0. The van der Waals surface area contributed by atoms with E-state index in [0.29, 0.717) is 12.5 Å². The summed E-state index contributed by atoms with van der Waals surface area (Å²) in [7, 11) is 3.47. The molecule has 0 bridgehead atoms. The van der Waals surface area contributed by atoms with Gasteiger partial charge in [0.05, 0.1) is 0 Å². The van der Waals surface area contributed by atoms with Gasteiger partial charge in [-0.05, 0) is 90.3 Å². The number of ether oxygens (including phenoxy) is 3. The summed E-state index contributed by atoms with van der Waals surface area (Å²) in [5.41, 5.74) is 9.02. The molecule has 0 amide bonds. The van der Waals surface area contributed by atoms with E-state index < -0.39 is 0 Å². The third kappa shape index (κ3) is 5.79. The van der Waals surface area contributed by atoms with Crippen molar-refractivity contribution in [2.24, 2.45) is 5.92 Å². The van der Waals surface area contributed by atoms with Crippen LogP contribution in [0.3, 0.4) is 0 Å². The van der Waals surface area contributed by atoms with Crippen LogP contribution < -0.4 is 9.64 Å². The van der Waals surface area contributed by atoms with Crippen molar-refractivity contribution >= 4 is 27.2 Å². The predicted molar refractivity (Wildman–Crippen MR) is 154 cm³/mol. The molecule has 1 fully saturated rings. The van der Waals surface area contributed by atoms with Gasteiger partial charge in [0, 0.05) is 43.4 Å². The fraction of sp³-hybridized carbons (Fsp3) is 0.375. The Labute approximate surface area is 229 Å². The van der Waals surface area contributed by atoms with Crippen LogP contribution in [-0.4, -0.2) is 33.6 Å². The van der Waals surface area contributed by atoms with Gasteiger partial charge in [-0.3, -0.25) is 0 Å². The lowest BCUT2D eigenvalue weighted by Crippen LogP contribution is -2.39. The normalized spacial score (nSPS) is 16.3. The molecule has 1 aliphatic heterocycles. The maximum Gasteiger partial charge on any atom is 0.159 e. The number of methoxy groups -OCH3 is 2. The molecule has 2 aliphatic rings. The molecule has 0 saturated carbocycles. The Morgan fingerprint density at radius 1 is 0.892 bits per heavy atom. The topological polar surface area (TPSA) is 30.9 Å². The van der Waals surface area contributed by atoms with Gasteiger partial charge in [0.25, 0.3) is 0 Å². The summed E-state index contributed by atoms with van der Waals surface area (Å²) in [6.07, 6.45) is 4.06. The number of allylic oxidation sites excluding steroid dienone is 1. The zero-order valence-corrected chi connectivity index (χ0v) is 23.6. The minimum Gasteiger partial charge on any atom is -0.489 e. The van der Waals surface area contributed by atoms with Gasteiger partial charge in [0.2, 0.25) is 0 Å². The van der Waals surface area contributed by atoms with Gasteiger partial charge in [-0.15, -0.1) is 0 Å². The molecule has 3 aromatic rings. The van der Waals surface area contributed by atoms with Crippen LogP contribution in [0.2, 0.25) is 0 Å². The molecule has 3 aromatic carbocycles. The minimum absolute atomic E-state index is 0.105. The van der Waals surface area contributed by atoms with Crippen LogP contribution in [0, 0.1) is 12.8 Å². The first-order valence-corrected chi connectivity index (χ1v) is 14.0. The highest BCUT2D eigenvalue weighted by atomic mass is 79.9. The molecule has 1 aliphatic carbocycles. The summed E-state index contributed by atoms with van der Waals surface area (Å²) in [5, 5.41) is 0. The van der Waals surface area contributed by atoms with Crippen LogP contribution in [0.5, 0.6) is 5.75 Å². The Bertz CT molecular complexity index is 1240. The van der Waals surface area contributed by atoms with Crippen molar-refractivity contribution < 1.29 is 14.2 Å². The molecule has 0 atom stereocenters. The smallest absolute Gasteiger partial charge is 0.159 e. The Morgan fingerprint density at radius 2 is 1.62 bits per heavy atom. The Balaban J connectivity index is 1.32. The van der Waals surface area contributed by atoms with Crippen LogP contribution in [0.15, 0.2) is 71.2 Å². The first kappa shape index (κ1) is 26.0. The summed E-state index contributed by atoms with van der Waals surface area (Å²) in [6, 6.07) is 23.8. The van der Waals surface area contributed by atoms with E-state index >= 15 is 0 Å². The van der Waals surface area contributed by atoms with Gasteiger partial charge in [-0.1, -0.05) is 58.4 Å². The van der Waals surface area contributed by atoms with Crippen LogP contribution >= 0.6 is 15.9 Å². The highest BCUT2D eigenvalue weighted by Crippen LogP contribution is 2.42. The lowest BCUT2D eigenvalue weighted by molar-refractivity contribution is -0.141. The van der Waals surface area contributed by atoms with Crippen molar-refractivity contribution in [3.05, 3.63) is 99.0 Å². The van der Waals surface area contributed by atoms with Gasteiger partial charge in [0.15, 0.2) is 6.29 Å². The quantitative estimate of drug-likeness (QED) is 0.266. The van der Waals surface area contributed by atoms with Crippen molar-refractivity contribution in [2.75, 3.05) is 32.2 Å². The summed E-state index contributed by atoms with van der Waals surface area (Å²) in [6.45, 7) is 4.86. The Morgan fingerprint density at radius 3 is 2.32 bits per heavy atom. The highest BCUT2D eigenvalue weighted by Gasteiger charge is 2.27. The van der Waals surface area contributed by atoms with Crippen molar-refractivity contribution in [1.29, 1.82) is 0 Å². The largest absolute Gasteiger partial charge is 0.489 e. The molecule has 0 unspecified atom stereocenters. The number of aryl methyl sites for hydroxylation is 2. The van der Waals surface area contributed by atoms with E-state index in [0.717, 1.165) is 44.5 Å². The maximum absolute atomic E-state index is 6.12. The molecule has 0 aromatic heterocycles. The molecule has 37 heavy (non-hydrogen) atoms. The molecule has 0 spiro atoms. The van der Waals surface area contributed by atoms with Gasteiger partial charge in [-0.25, -0.2) is 0 Å². The van der Waals surface area contributed by atoms with Crippen LogP contribution in [0.25, 0.3) is 5.57 Å². The first-order chi connectivity index (χ1) is 18.1. The number of piperidine rings is 1. The summed E-state index contributed by atoms with van der Waals surface area (Å²) >= 11 is 3.92. The lowest BCUT2D eigenvalue weighted by Gasteiger charge is -2.36. The van der Waals surface area contributed by atoms with Crippen molar-refractivity contribution in [3.8, 4) is 5.75 Å². The zero-order valence-electron chi connectivity index (χ0n) is 22.0. The standard InChI is InChI=1S/C32H36BrNO3/c1-22-19-26(34-17-15-24(16-18-34)32(35-2)36-3)10-12-28(22)31-29-13-11-27(20-25(29)9-14-30(31)33)37-21-23-7-5-4-6-8-23/h4-8,10-13,19-20,24,32H,9,14-18,21H2,1-3H3. The number of rotatable bonds is 8. The van der Waals surface area contributed by atoms with E-state index in [2.05, 4.69) is 76.3 Å². The Kier molecular flexibility index (Phi) is 8.33. The highest BCUT2D eigenvalue weighted by molar-refractivity contribution is 9.11. The van der Waals surface area contributed by atoms with Crippen LogP contribution in [-0.2, 0) is 22.5 Å². The average Bonchev–Trinajstić information content (AvgIpc) is 2.94. The van der Waals surface area contributed by atoms with E-state index in [-0.39, 0.29) is 6.29 Å². The number of nitrogens with zero attached hydrogens (tertiary/aromatic N) is 1. The minimum atomic E-state index is -0.105. The molecule has 194 valence electrons. The molecule has 0 N–H and O–H groups in total. The van der Waals surface area contributed by atoms with Crippen molar-refractivity contribution in [1.82, 2.24) is 0 Å². The van der Waals surface area contributed by atoms with E-state index in [1.54, 1.807) is 14.2 Å². The summed E-state index contributed by atoms with van der Waals surface area (Å²) in [5.74, 6) is 1.38. The summed E-state index contributed by atoms with van der Waals surface area (Å²) in [4.78, 5) is 2.49. The number of anilines is 1. The maximum atomic E-state index is 6.12. The molecular formula is C32H36BrNO3. The third-order valence-corrected chi connectivity index (χ3v) is 8.51. The van der Waals surface area contributed by atoms with Crippen LogP contribution in [0.4, 0.5) is 5.69 Å². The fourth-order valence-corrected chi connectivity index (χ4v) is 6.32. The number of fused-ring (bicyclic) bond motifs is 1. The average molecular weight is 563 g/mol. The SMILES string of the molecule is COC(OC)C1CCN(c2ccc(C3=C(Br)CCc4cc(OCc5ccccc5)ccc43)c(C)c2)CC1. The second kappa shape index (κ2) is 11.8. The second-order valence-corrected chi connectivity index (χ2v) is 11.0. The molecule has 4 nitrogen and oxygen atoms in total. The number of hydrogen-bond acceptors (Lipinski definition) is 4. The van der Waals surface area contributed by atoms with E-state index in [9.17, 15) is 0 Å². The lowest BCUT2D eigenvalue weighted by atomic mass is 9.85. The molecule has 1 saturated heterocycles. The fourth-order valence-electron chi connectivity index (χ4n) is 5.69. The Hall–Kier alpha value is -2.60. The monoisotopic (exact) mass is 561 g/mol. The van der Waals surface area contributed by atoms with Gasteiger partial charge < -0.3 is 19.1 Å². The van der Waals surface area contributed by atoms with E-state index in [1.165, 1.54) is 43.6 Å². The third-order valence-electron chi connectivity index (χ3n) is 7.71. The second-order valence-electron chi connectivity index (χ2n) is 10.0. The van der Waals surface area contributed by atoms with E-state index in [1.807, 2.05) is 18.2 Å². The van der Waals surface area contributed by atoms with E-state index in [4.69, 9.17) is 14.2 Å². The van der Waals surface area contributed by atoms with Gasteiger partial charge in [-0.2, -0.15) is 0 Å². The number of benzene rings is 3. The molecule has 5 rings (SSSR count). The molecule has 0 radical (unpaired) electrons. The van der Waals surface area contributed by atoms with Crippen LogP contribution in [0.1, 0.15) is 47.1 Å². The predicted octanol–water partition coefficient (Wildman–Crippen LogP) is 7.51. The van der Waals surface area contributed by atoms with Crippen molar-refractivity contribution in [3.63, 3.8) is 0 Å². The van der Waals surface area contributed by atoms with Gasteiger partial charge >= 0.3 is 0 Å². The van der Waals surface area contributed by atoms with Gasteiger partial charge in [0.1, 0.15) is 12.4 Å². The first-order valence-electron chi connectivity index (χ1n) is 13.2.